The second-order valence-electron chi connectivity index (χ2n) is 1.72. The summed E-state index contributed by atoms with van der Waals surface area (Å²) in [6.07, 6.45) is 4.09. The van der Waals surface area contributed by atoms with E-state index in [1.807, 2.05) is 6.08 Å². The summed E-state index contributed by atoms with van der Waals surface area (Å²) in [5.74, 6) is 0.630. The first-order valence-electron chi connectivity index (χ1n) is 2.64. The van der Waals surface area contributed by atoms with E-state index in [4.69, 9.17) is 23.2 Å². The van der Waals surface area contributed by atoms with E-state index in [0.717, 1.165) is 0 Å². The monoisotopic (exact) mass is 218 g/mol. The molecule has 0 saturated carbocycles. The second kappa shape index (κ2) is 5.36. The van der Waals surface area contributed by atoms with Gasteiger partial charge in [-0.25, -0.2) is 0 Å². The molecule has 1 aliphatic rings. The zero-order valence-corrected chi connectivity index (χ0v) is 8.48. The van der Waals surface area contributed by atoms with E-state index in [9.17, 15) is 0 Å². The summed E-state index contributed by atoms with van der Waals surface area (Å²) in [4.78, 5) is 1.29. The molecular weight excluding hydrogens is 210 g/mol. The molecule has 0 aromatic heterocycles. The van der Waals surface area contributed by atoms with E-state index in [1.165, 1.54) is 4.91 Å². The Morgan fingerprint density at radius 3 is 2.50 bits per heavy atom. The number of hydrogen-bond donors (Lipinski definition) is 1. The van der Waals surface area contributed by atoms with Crippen LogP contribution in [0.25, 0.3) is 0 Å². The second-order valence-corrected chi connectivity index (χ2v) is 4.76. The number of alkyl halides is 2. The molecule has 0 spiro atoms. The van der Waals surface area contributed by atoms with Crippen LogP contribution in [0.1, 0.15) is 0 Å². The lowest BCUT2D eigenvalue weighted by Crippen LogP contribution is -1.81. The molecule has 0 bridgehead atoms. The topological polar surface area (TPSA) is 0 Å². The van der Waals surface area contributed by atoms with Crippen molar-refractivity contribution in [2.75, 3.05) is 11.1 Å². The van der Waals surface area contributed by atoms with Crippen LogP contribution < -0.4 is 0 Å². The van der Waals surface area contributed by atoms with Gasteiger partial charge < -0.3 is 0 Å². The van der Waals surface area contributed by atoms with Crippen LogP contribution in [0.3, 0.4) is 0 Å². The zero-order chi connectivity index (χ0) is 6.69. The van der Waals surface area contributed by atoms with Crippen molar-refractivity contribution in [2.24, 2.45) is 0 Å². The molecule has 60 valence electrons. The molecule has 1 heterocycles. The van der Waals surface area contributed by atoms with Gasteiger partial charge in [-0.05, 0) is 10.3 Å². The Morgan fingerprint density at radius 2 is 2.10 bits per heavy atom. The van der Waals surface area contributed by atoms with Crippen LogP contribution >= 0.6 is 46.5 Å². The maximum Gasteiger partial charge on any atom is 0.0569 e. The Morgan fingerprint density at radius 1 is 1.40 bits per heavy atom. The van der Waals surface area contributed by atoms with Crippen molar-refractivity contribution in [3.8, 4) is 0 Å². The standard InChI is InChI=1S/C6H8Cl2S.ClH/c7-4-6-2-1-3-9(6)5-8;/h1-3,9H,4-5H2;1H. The highest BCUT2D eigenvalue weighted by Crippen LogP contribution is 2.41. The number of thiol groups is 1. The average Bonchev–Trinajstić information content (AvgIpc) is 2.33. The van der Waals surface area contributed by atoms with Crippen LogP contribution in [0.15, 0.2) is 22.5 Å². The third kappa shape index (κ3) is 2.39. The molecule has 1 atom stereocenters. The lowest BCUT2D eigenvalue weighted by atomic mass is 10.5. The van der Waals surface area contributed by atoms with Crippen molar-refractivity contribution >= 4 is 46.5 Å². The van der Waals surface area contributed by atoms with Crippen LogP contribution in [-0.2, 0) is 0 Å². The van der Waals surface area contributed by atoms with Crippen LogP contribution in [0.4, 0.5) is 0 Å². The van der Waals surface area contributed by atoms with Crippen LogP contribution in [0.2, 0.25) is 0 Å². The molecule has 1 unspecified atom stereocenters. The Labute approximate surface area is 80.0 Å². The minimum atomic E-state index is -0.192. The summed E-state index contributed by atoms with van der Waals surface area (Å²) in [5, 5.41) is 2.85. The van der Waals surface area contributed by atoms with Gasteiger partial charge in [0.25, 0.3) is 0 Å². The van der Waals surface area contributed by atoms with Crippen molar-refractivity contribution in [2.45, 2.75) is 0 Å². The number of hydrogen-bond acceptors (Lipinski definition) is 0. The van der Waals surface area contributed by atoms with Crippen LogP contribution in [0, 0.1) is 0 Å². The third-order valence-corrected chi connectivity index (χ3v) is 4.27. The molecule has 0 radical (unpaired) electrons. The fourth-order valence-electron chi connectivity index (χ4n) is 0.687. The summed E-state index contributed by atoms with van der Waals surface area (Å²) in [5.41, 5.74) is 0. The third-order valence-electron chi connectivity index (χ3n) is 1.19. The normalized spacial score (nSPS) is 25.8. The SMILES string of the molecule is Cl.ClCC1=CC=C[SH]1CCl. The van der Waals surface area contributed by atoms with E-state index < -0.39 is 0 Å². The highest BCUT2D eigenvalue weighted by Gasteiger charge is 2.06. The molecule has 0 nitrogen and oxygen atoms in total. The molecule has 0 saturated heterocycles. The molecule has 4 heteroatoms. The first kappa shape index (κ1) is 10.7. The summed E-state index contributed by atoms with van der Waals surface area (Å²) in [6.45, 7) is 0. The minimum Gasteiger partial charge on any atom is -0.195 e. The number of halogens is 3. The highest BCUT2D eigenvalue weighted by atomic mass is 35.5. The van der Waals surface area contributed by atoms with Crippen molar-refractivity contribution in [3.63, 3.8) is 0 Å². The predicted molar refractivity (Wildman–Crippen MR) is 54.9 cm³/mol. The first-order valence-corrected chi connectivity index (χ1v) is 5.31. The van der Waals surface area contributed by atoms with Gasteiger partial charge in [-0.3, -0.25) is 0 Å². The molecule has 10 heavy (non-hydrogen) atoms. The molecule has 0 aliphatic carbocycles. The molecule has 0 aromatic carbocycles. The smallest absolute Gasteiger partial charge is 0.0569 e. The first-order chi connectivity index (χ1) is 4.38. The Kier molecular flexibility index (Phi) is 5.74. The van der Waals surface area contributed by atoms with Gasteiger partial charge in [0, 0.05) is 0 Å². The van der Waals surface area contributed by atoms with E-state index in [0.29, 0.717) is 11.1 Å². The summed E-state index contributed by atoms with van der Waals surface area (Å²) < 4.78 is 0. The minimum absolute atomic E-state index is 0. The molecule has 1 rings (SSSR count). The molecular formula is C6H9Cl3S. The van der Waals surface area contributed by atoms with E-state index in [2.05, 4.69) is 11.5 Å². The van der Waals surface area contributed by atoms with Gasteiger partial charge in [-0.2, -0.15) is 10.9 Å². The Hall–Kier alpha value is 0.700. The fraction of sp³-hybridized carbons (Fsp3) is 0.333. The molecule has 0 N–H and O–H groups in total. The van der Waals surface area contributed by atoms with Gasteiger partial charge in [0.1, 0.15) is 0 Å². The highest BCUT2D eigenvalue weighted by molar-refractivity contribution is 8.24. The molecule has 1 aliphatic heterocycles. The maximum atomic E-state index is 5.66. The van der Waals surface area contributed by atoms with Gasteiger partial charge in [0.2, 0.25) is 0 Å². The van der Waals surface area contributed by atoms with Crippen LogP contribution in [0.5, 0.6) is 0 Å². The predicted octanol–water partition coefficient (Wildman–Crippen LogP) is 3.26. The van der Waals surface area contributed by atoms with Gasteiger partial charge in [0.05, 0.1) is 11.1 Å². The zero-order valence-electron chi connectivity index (χ0n) is 5.26. The summed E-state index contributed by atoms with van der Waals surface area (Å²) in [7, 11) is -0.192. The van der Waals surface area contributed by atoms with E-state index >= 15 is 0 Å². The van der Waals surface area contributed by atoms with Crippen molar-refractivity contribution < 1.29 is 0 Å². The Balaban J connectivity index is 0.000000810. The summed E-state index contributed by atoms with van der Waals surface area (Å²) >= 11 is 11.3. The lowest BCUT2D eigenvalue weighted by Gasteiger charge is -2.10. The quantitative estimate of drug-likeness (QED) is 0.535. The molecule has 0 aromatic rings. The fourth-order valence-corrected chi connectivity index (χ4v) is 3.09. The van der Waals surface area contributed by atoms with Crippen LogP contribution in [-0.4, -0.2) is 11.1 Å². The van der Waals surface area contributed by atoms with E-state index in [-0.39, 0.29) is 23.3 Å². The van der Waals surface area contributed by atoms with Gasteiger partial charge in [0.15, 0.2) is 0 Å². The van der Waals surface area contributed by atoms with Crippen molar-refractivity contribution in [1.82, 2.24) is 0 Å². The largest absolute Gasteiger partial charge is 0.195 e. The average molecular weight is 220 g/mol. The van der Waals surface area contributed by atoms with Crippen molar-refractivity contribution in [3.05, 3.63) is 22.5 Å². The Bertz CT molecular complexity index is 153. The lowest BCUT2D eigenvalue weighted by molar-refractivity contribution is 1.69. The van der Waals surface area contributed by atoms with Gasteiger partial charge >= 0.3 is 0 Å². The molecule has 0 amide bonds. The molecule has 0 fully saturated rings. The van der Waals surface area contributed by atoms with Crippen molar-refractivity contribution in [1.29, 1.82) is 0 Å². The number of rotatable bonds is 2. The van der Waals surface area contributed by atoms with Gasteiger partial charge in [-0.1, -0.05) is 12.2 Å². The van der Waals surface area contributed by atoms with E-state index in [1.54, 1.807) is 0 Å². The number of allylic oxidation sites excluding steroid dienone is 3. The summed E-state index contributed by atoms with van der Waals surface area (Å²) in [6, 6.07) is 0. The van der Waals surface area contributed by atoms with Gasteiger partial charge in [-0.15, -0.1) is 35.6 Å². The maximum absolute atomic E-state index is 5.66.